The molecule has 0 aliphatic rings. The second-order valence-corrected chi connectivity index (χ2v) is 6.64. The quantitative estimate of drug-likeness (QED) is 0.433. The summed E-state index contributed by atoms with van der Waals surface area (Å²) in [4.78, 5) is 24.6. The monoisotopic (exact) mass is 421 g/mol. The smallest absolute Gasteiger partial charge is 0.343 e. The molecule has 3 aromatic rings. The Morgan fingerprint density at radius 1 is 0.839 bits per heavy atom. The summed E-state index contributed by atoms with van der Waals surface area (Å²) in [7, 11) is 3.03. The van der Waals surface area contributed by atoms with Crippen LogP contribution in [0.4, 0.5) is 5.69 Å². The number of carbonyl (C=O) groups is 2. The van der Waals surface area contributed by atoms with Crippen LogP contribution in [0.5, 0.6) is 23.0 Å². The molecule has 160 valence electrons. The molecule has 0 aliphatic carbocycles. The summed E-state index contributed by atoms with van der Waals surface area (Å²) in [6.07, 6.45) is 0. The molecule has 3 aromatic carbocycles. The largest absolute Gasteiger partial charge is 0.497 e. The van der Waals surface area contributed by atoms with Crippen LogP contribution >= 0.6 is 0 Å². The van der Waals surface area contributed by atoms with Crippen molar-refractivity contribution in [1.29, 1.82) is 0 Å². The van der Waals surface area contributed by atoms with Crippen LogP contribution in [0.3, 0.4) is 0 Å². The van der Waals surface area contributed by atoms with Crippen molar-refractivity contribution < 1.29 is 28.5 Å². The standard InChI is InChI=1S/C24H23NO6/c1-16-5-4-6-20(13-16)31-24(27)17-7-12-21(22(14-17)29-3)30-15-23(26)25-18-8-10-19(28-2)11-9-18/h4-14H,15H2,1-3H3,(H,25,26). The van der Waals surface area contributed by atoms with Gasteiger partial charge in [0.2, 0.25) is 0 Å². The van der Waals surface area contributed by atoms with Gasteiger partial charge in [0.1, 0.15) is 11.5 Å². The molecule has 0 fully saturated rings. The highest BCUT2D eigenvalue weighted by Gasteiger charge is 2.14. The molecule has 1 N–H and O–H groups in total. The van der Waals surface area contributed by atoms with Crippen LogP contribution in [0.1, 0.15) is 15.9 Å². The predicted octanol–water partition coefficient (Wildman–Crippen LogP) is 4.25. The molecular weight excluding hydrogens is 398 g/mol. The molecule has 7 nitrogen and oxygen atoms in total. The summed E-state index contributed by atoms with van der Waals surface area (Å²) in [6.45, 7) is 1.69. The van der Waals surface area contributed by atoms with E-state index in [0.29, 0.717) is 34.2 Å². The lowest BCUT2D eigenvalue weighted by Gasteiger charge is -2.12. The van der Waals surface area contributed by atoms with Gasteiger partial charge in [-0.1, -0.05) is 12.1 Å². The van der Waals surface area contributed by atoms with Crippen LogP contribution in [0.15, 0.2) is 66.7 Å². The van der Waals surface area contributed by atoms with E-state index in [1.807, 2.05) is 19.1 Å². The Labute approximate surface area is 180 Å². The number of benzene rings is 3. The third-order valence-corrected chi connectivity index (χ3v) is 4.33. The number of rotatable bonds is 8. The molecule has 0 spiro atoms. The predicted molar refractivity (Wildman–Crippen MR) is 116 cm³/mol. The van der Waals surface area contributed by atoms with E-state index in [1.54, 1.807) is 55.6 Å². The summed E-state index contributed by atoms with van der Waals surface area (Å²) in [6, 6.07) is 18.8. The Balaban J connectivity index is 1.61. The van der Waals surface area contributed by atoms with Crippen LogP contribution < -0.4 is 24.3 Å². The zero-order chi connectivity index (χ0) is 22.2. The van der Waals surface area contributed by atoms with E-state index in [-0.39, 0.29) is 12.5 Å². The topological polar surface area (TPSA) is 83.1 Å². The van der Waals surface area contributed by atoms with Gasteiger partial charge in [-0.2, -0.15) is 0 Å². The molecule has 1 amide bonds. The SMILES string of the molecule is COc1ccc(NC(=O)COc2ccc(C(=O)Oc3cccc(C)c3)cc2OC)cc1. The minimum absolute atomic E-state index is 0.227. The second kappa shape index (κ2) is 10.2. The van der Waals surface area contributed by atoms with Crippen molar-refractivity contribution in [2.45, 2.75) is 6.92 Å². The van der Waals surface area contributed by atoms with Crippen molar-refractivity contribution in [1.82, 2.24) is 0 Å². The van der Waals surface area contributed by atoms with E-state index in [2.05, 4.69) is 5.32 Å². The maximum absolute atomic E-state index is 12.4. The Bertz CT molecular complexity index is 1060. The van der Waals surface area contributed by atoms with Gasteiger partial charge in [-0.25, -0.2) is 4.79 Å². The van der Waals surface area contributed by atoms with Gasteiger partial charge in [0.25, 0.3) is 5.91 Å². The maximum Gasteiger partial charge on any atom is 0.343 e. The van der Waals surface area contributed by atoms with Gasteiger partial charge in [0, 0.05) is 5.69 Å². The first-order chi connectivity index (χ1) is 15.0. The first-order valence-corrected chi connectivity index (χ1v) is 9.52. The van der Waals surface area contributed by atoms with E-state index in [1.165, 1.54) is 13.2 Å². The number of methoxy groups -OCH3 is 2. The van der Waals surface area contributed by atoms with Crippen molar-refractivity contribution in [3.05, 3.63) is 77.9 Å². The van der Waals surface area contributed by atoms with E-state index in [9.17, 15) is 9.59 Å². The van der Waals surface area contributed by atoms with Crippen LogP contribution in [0, 0.1) is 6.92 Å². The molecule has 0 radical (unpaired) electrons. The van der Waals surface area contributed by atoms with E-state index in [4.69, 9.17) is 18.9 Å². The van der Waals surface area contributed by atoms with E-state index < -0.39 is 5.97 Å². The van der Waals surface area contributed by atoms with E-state index in [0.717, 1.165) is 5.56 Å². The average molecular weight is 421 g/mol. The van der Waals surface area contributed by atoms with Crippen LogP contribution in [0.2, 0.25) is 0 Å². The minimum Gasteiger partial charge on any atom is -0.497 e. The summed E-state index contributed by atoms with van der Waals surface area (Å²) in [5.41, 5.74) is 1.91. The molecule has 0 unspecified atom stereocenters. The molecule has 31 heavy (non-hydrogen) atoms. The zero-order valence-corrected chi connectivity index (χ0v) is 17.5. The number of hydrogen-bond acceptors (Lipinski definition) is 6. The van der Waals surface area contributed by atoms with Crippen LogP contribution in [-0.2, 0) is 4.79 Å². The van der Waals surface area contributed by atoms with Crippen LogP contribution in [-0.4, -0.2) is 32.7 Å². The van der Waals surface area contributed by atoms with Crippen LogP contribution in [0.25, 0.3) is 0 Å². The second-order valence-electron chi connectivity index (χ2n) is 6.64. The van der Waals surface area contributed by atoms with Gasteiger partial charge in [-0.3, -0.25) is 4.79 Å². The highest BCUT2D eigenvalue weighted by Crippen LogP contribution is 2.29. The number of anilines is 1. The molecule has 7 heteroatoms. The maximum atomic E-state index is 12.4. The molecule has 0 atom stereocenters. The number of esters is 1. The summed E-state index contributed by atoms with van der Waals surface area (Å²) < 4.78 is 21.3. The molecule has 0 saturated carbocycles. The Morgan fingerprint density at radius 2 is 1.61 bits per heavy atom. The molecule has 0 heterocycles. The van der Waals surface area contributed by atoms with Crippen molar-refractivity contribution in [3.63, 3.8) is 0 Å². The number of hydrogen-bond donors (Lipinski definition) is 1. The first-order valence-electron chi connectivity index (χ1n) is 9.52. The number of aryl methyl sites for hydroxylation is 1. The third-order valence-electron chi connectivity index (χ3n) is 4.33. The lowest BCUT2D eigenvalue weighted by Crippen LogP contribution is -2.20. The molecule has 0 saturated heterocycles. The van der Waals surface area contributed by atoms with Crippen molar-refractivity contribution in [3.8, 4) is 23.0 Å². The number of amides is 1. The molecular formula is C24H23NO6. The molecule has 0 bridgehead atoms. The van der Waals surface area contributed by atoms with Gasteiger partial charge in [0.05, 0.1) is 19.8 Å². The highest BCUT2D eigenvalue weighted by atomic mass is 16.5. The Kier molecular flexibility index (Phi) is 7.11. The van der Waals surface area contributed by atoms with Gasteiger partial charge in [-0.15, -0.1) is 0 Å². The Morgan fingerprint density at radius 3 is 2.29 bits per heavy atom. The fraction of sp³-hybridized carbons (Fsp3) is 0.167. The van der Waals surface area contributed by atoms with E-state index >= 15 is 0 Å². The van der Waals surface area contributed by atoms with Gasteiger partial charge in [0.15, 0.2) is 18.1 Å². The van der Waals surface area contributed by atoms with Gasteiger partial charge in [-0.05, 0) is 67.1 Å². The van der Waals surface area contributed by atoms with Crippen molar-refractivity contribution in [2.24, 2.45) is 0 Å². The summed E-state index contributed by atoms with van der Waals surface area (Å²) in [5.74, 6) is 0.942. The van der Waals surface area contributed by atoms with Gasteiger partial charge < -0.3 is 24.3 Å². The molecule has 0 aliphatic heterocycles. The lowest BCUT2D eigenvalue weighted by molar-refractivity contribution is -0.118. The lowest BCUT2D eigenvalue weighted by atomic mass is 10.2. The third kappa shape index (κ3) is 5.99. The summed E-state index contributed by atoms with van der Waals surface area (Å²) in [5, 5.41) is 2.73. The van der Waals surface area contributed by atoms with Crippen molar-refractivity contribution in [2.75, 3.05) is 26.1 Å². The highest BCUT2D eigenvalue weighted by molar-refractivity contribution is 5.93. The van der Waals surface area contributed by atoms with Crippen molar-refractivity contribution >= 4 is 17.6 Å². The molecule has 0 aromatic heterocycles. The number of carbonyl (C=O) groups excluding carboxylic acids is 2. The number of nitrogens with one attached hydrogen (secondary N) is 1. The number of ether oxygens (including phenoxy) is 4. The summed E-state index contributed by atoms with van der Waals surface area (Å²) >= 11 is 0. The fourth-order valence-electron chi connectivity index (χ4n) is 2.77. The average Bonchev–Trinajstić information content (AvgIpc) is 2.78. The Hall–Kier alpha value is -4.00. The molecule has 3 rings (SSSR count). The normalized spacial score (nSPS) is 10.2. The fourth-order valence-corrected chi connectivity index (χ4v) is 2.77. The van der Waals surface area contributed by atoms with Gasteiger partial charge >= 0.3 is 5.97 Å². The zero-order valence-electron chi connectivity index (χ0n) is 17.5. The first kappa shape index (κ1) is 21.7. The minimum atomic E-state index is -0.521.